The number of hydrogen-bond donors (Lipinski definition) is 0. The molecule has 1 aromatic heterocycles. The van der Waals surface area contributed by atoms with Crippen molar-refractivity contribution in [3.63, 3.8) is 0 Å². The first-order valence-electron chi connectivity index (χ1n) is 22.0. The lowest BCUT2D eigenvalue weighted by atomic mass is 9.67. The van der Waals surface area contributed by atoms with Gasteiger partial charge < -0.3 is 9.32 Å². The molecule has 292 valence electrons. The first-order valence-corrected chi connectivity index (χ1v) is 22.0. The van der Waals surface area contributed by atoms with E-state index in [9.17, 15) is 0 Å². The number of furan rings is 1. The normalized spacial score (nSPS) is 14.6. The van der Waals surface area contributed by atoms with Crippen LogP contribution in [-0.2, 0) is 5.41 Å². The van der Waals surface area contributed by atoms with Crippen LogP contribution in [0.1, 0.15) is 65.8 Å². The summed E-state index contributed by atoms with van der Waals surface area (Å²) < 4.78 is 6.60. The Hall–Kier alpha value is -7.16. The van der Waals surface area contributed by atoms with Gasteiger partial charge in [-0.1, -0.05) is 183 Å². The highest BCUT2D eigenvalue weighted by Gasteiger charge is 2.46. The molecular weight excluding hydrogens is 739 g/mol. The van der Waals surface area contributed by atoms with Crippen molar-refractivity contribution >= 4 is 49.8 Å². The Morgan fingerprint density at radius 1 is 0.426 bits per heavy atom. The number of nitrogens with zero attached hydrogens (tertiary/aromatic N) is 1. The summed E-state index contributed by atoms with van der Waals surface area (Å²) in [5.41, 5.74) is 16.2. The smallest absolute Gasteiger partial charge is 0.137 e. The first-order chi connectivity index (χ1) is 30.3. The largest absolute Gasteiger partial charge is 0.456 e. The van der Waals surface area contributed by atoms with E-state index in [0.717, 1.165) is 39.0 Å². The minimum absolute atomic E-state index is 0.525. The van der Waals surface area contributed by atoms with Gasteiger partial charge in [0, 0.05) is 33.8 Å². The second-order valence-electron chi connectivity index (χ2n) is 17.0. The zero-order valence-electron chi connectivity index (χ0n) is 34.1. The second-order valence-corrected chi connectivity index (χ2v) is 17.0. The predicted octanol–water partition coefficient (Wildman–Crippen LogP) is 16.3. The van der Waals surface area contributed by atoms with Gasteiger partial charge in [0.05, 0.1) is 11.1 Å². The monoisotopic (exact) mass is 783 g/mol. The quantitative estimate of drug-likeness (QED) is 0.160. The number of fused-ring (bicyclic) bond motifs is 7. The third kappa shape index (κ3) is 5.62. The molecule has 9 aromatic carbocycles. The molecule has 0 N–H and O–H groups in total. The molecule has 2 aliphatic carbocycles. The van der Waals surface area contributed by atoms with Crippen LogP contribution in [0.15, 0.2) is 211 Å². The van der Waals surface area contributed by atoms with Gasteiger partial charge in [-0.3, -0.25) is 0 Å². The van der Waals surface area contributed by atoms with Gasteiger partial charge in [-0.2, -0.15) is 0 Å². The SMILES string of the molecule is c1ccc(C2(c3cccc(N(c4ccc5c(c4)oc4ccccc45)c4ccccc4-c4cccc5cccc(C6CCCCC6)c45)c3)c3ccccc3-c3ccccc32)cc1. The third-order valence-electron chi connectivity index (χ3n) is 13.7. The van der Waals surface area contributed by atoms with Crippen LogP contribution in [0, 0.1) is 0 Å². The highest BCUT2D eigenvalue weighted by molar-refractivity contribution is 6.07. The number of anilines is 3. The Kier molecular flexibility index (Phi) is 8.52. The van der Waals surface area contributed by atoms with Crippen LogP contribution >= 0.6 is 0 Å². The van der Waals surface area contributed by atoms with Crippen LogP contribution in [-0.4, -0.2) is 0 Å². The van der Waals surface area contributed by atoms with E-state index >= 15 is 0 Å². The summed E-state index contributed by atoms with van der Waals surface area (Å²) in [5.74, 6) is 0.570. The fourth-order valence-corrected chi connectivity index (χ4v) is 11.1. The number of benzene rings is 9. The molecular formula is C59H45NO. The molecule has 10 aromatic rings. The van der Waals surface area contributed by atoms with E-state index in [-0.39, 0.29) is 0 Å². The maximum atomic E-state index is 6.60. The molecule has 0 aliphatic heterocycles. The molecule has 2 nitrogen and oxygen atoms in total. The van der Waals surface area contributed by atoms with Crippen LogP contribution in [0.3, 0.4) is 0 Å². The standard InChI is InChI=1S/C59H45NO/c1-3-18-40(19-4-1)46-30-15-20-41-21-16-31-52(58(41)46)49-28-9-13-34-55(49)60(45-36-37-51-50-29-10-14-35-56(50)61-57(51)39-45)44-25-17-24-43(38-44)59(42-22-5-2-6-23-42)53-32-11-7-26-47(53)48-27-8-12-33-54(48)59/h2,5-17,20-40H,1,3-4,18-19H2. The second kappa shape index (κ2) is 14.5. The number of para-hydroxylation sites is 2. The zero-order valence-corrected chi connectivity index (χ0v) is 34.1. The van der Waals surface area contributed by atoms with Crippen LogP contribution in [0.5, 0.6) is 0 Å². The van der Waals surface area contributed by atoms with E-state index in [0.29, 0.717) is 5.92 Å². The average Bonchev–Trinajstić information content (AvgIpc) is 3.86. The van der Waals surface area contributed by atoms with Crippen molar-refractivity contribution in [3.8, 4) is 22.3 Å². The molecule has 0 atom stereocenters. The van der Waals surface area contributed by atoms with Gasteiger partial charge in [0.2, 0.25) is 0 Å². The predicted molar refractivity (Wildman–Crippen MR) is 254 cm³/mol. The van der Waals surface area contributed by atoms with Crippen molar-refractivity contribution < 1.29 is 4.42 Å². The van der Waals surface area contributed by atoms with E-state index in [1.807, 2.05) is 6.07 Å². The fraction of sp³-hybridized carbons (Fsp3) is 0.119. The molecule has 0 radical (unpaired) electrons. The highest BCUT2D eigenvalue weighted by atomic mass is 16.3. The van der Waals surface area contributed by atoms with E-state index in [1.165, 1.54) is 92.9 Å². The maximum absolute atomic E-state index is 6.60. The van der Waals surface area contributed by atoms with Crippen molar-refractivity contribution in [2.45, 2.75) is 43.4 Å². The molecule has 61 heavy (non-hydrogen) atoms. The summed E-state index contributed by atoms with van der Waals surface area (Å²) in [6, 6.07) is 76.4. The molecule has 12 rings (SSSR count). The van der Waals surface area contributed by atoms with Crippen LogP contribution in [0.4, 0.5) is 17.1 Å². The Labute approximate surface area is 357 Å². The number of hydrogen-bond acceptors (Lipinski definition) is 2. The molecule has 0 bridgehead atoms. The lowest BCUT2D eigenvalue weighted by Crippen LogP contribution is -2.28. The molecule has 0 spiro atoms. The molecule has 1 heterocycles. The van der Waals surface area contributed by atoms with Gasteiger partial charge >= 0.3 is 0 Å². The molecule has 0 saturated heterocycles. The third-order valence-corrected chi connectivity index (χ3v) is 13.7. The summed E-state index contributed by atoms with van der Waals surface area (Å²) in [4.78, 5) is 2.47. The van der Waals surface area contributed by atoms with Crippen molar-refractivity contribution in [1.29, 1.82) is 0 Å². The van der Waals surface area contributed by atoms with Gasteiger partial charge in [-0.15, -0.1) is 0 Å². The summed E-state index contributed by atoms with van der Waals surface area (Å²) in [6.07, 6.45) is 6.44. The topological polar surface area (TPSA) is 16.4 Å². The lowest BCUT2D eigenvalue weighted by molar-refractivity contribution is 0.445. The summed E-state index contributed by atoms with van der Waals surface area (Å²) in [5, 5.41) is 4.94. The Balaban J connectivity index is 1.12. The van der Waals surface area contributed by atoms with Crippen LogP contribution in [0.25, 0.3) is 55.0 Å². The minimum atomic E-state index is -0.525. The van der Waals surface area contributed by atoms with Crippen molar-refractivity contribution in [3.05, 3.63) is 234 Å². The van der Waals surface area contributed by atoms with Crippen LogP contribution < -0.4 is 4.90 Å². The lowest BCUT2D eigenvalue weighted by Gasteiger charge is -2.35. The van der Waals surface area contributed by atoms with Gasteiger partial charge in [0.15, 0.2) is 0 Å². The Morgan fingerprint density at radius 3 is 1.84 bits per heavy atom. The van der Waals surface area contributed by atoms with E-state index in [4.69, 9.17) is 4.42 Å². The van der Waals surface area contributed by atoms with Crippen molar-refractivity contribution in [2.75, 3.05) is 4.90 Å². The molecule has 1 fully saturated rings. The van der Waals surface area contributed by atoms with Gasteiger partial charge in [-0.25, -0.2) is 0 Å². The van der Waals surface area contributed by atoms with Crippen molar-refractivity contribution in [2.24, 2.45) is 0 Å². The zero-order chi connectivity index (χ0) is 40.3. The molecule has 1 saturated carbocycles. The van der Waals surface area contributed by atoms with E-state index in [2.05, 4.69) is 205 Å². The first kappa shape index (κ1) is 35.8. The summed E-state index contributed by atoms with van der Waals surface area (Å²) in [6.45, 7) is 0. The Morgan fingerprint density at radius 2 is 1.03 bits per heavy atom. The van der Waals surface area contributed by atoms with Gasteiger partial charge in [0.1, 0.15) is 11.2 Å². The molecule has 2 aliphatic rings. The van der Waals surface area contributed by atoms with Gasteiger partial charge in [-0.05, 0) is 110 Å². The van der Waals surface area contributed by atoms with Crippen LogP contribution in [0.2, 0.25) is 0 Å². The minimum Gasteiger partial charge on any atom is -0.456 e. The van der Waals surface area contributed by atoms with Gasteiger partial charge in [0.25, 0.3) is 0 Å². The summed E-state index contributed by atoms with van der Waals surface area (Å²) >= 11 is 0. The molecule has 0 unspecified atom stereocenters. The fourth-order valence-electron chi connectivity index (χ4n) is 11.1. The van der Waals surface area contributed by atoms with E-state index in [1.54, 1.807) is 0 Å². The molecule has 2 heteroatoms. The highest BCUT2D eigenvalue weighted by Crippen LogP contribution is 2.57. The van der Waals surface area contributed by atoms with E-state index < -0.39 is 5.41 Å². The molecule has 0 amide bonds. The summed E-state index contributed by atoms with van der Waals surface area (Å²) in [7, 11) is 0. The maximum Gasteiger partial charge on any atom is 0.137 e. The number of rotatable bonds is 7. The Bertz CT molecular complexity index is 3210. The average molecular weight is 784 g/mol. The van der Waals surface area contributed by atoms with Crippen molar-refractivity contribution in [1.82, 2.24) is 0 Å².